The van der Waals surface area contributed by atoms with Crippen molar-refractivity contribution in [1.29, 1.82) is 0 Å². The predicted octanol–water partition coefficient (Wildman–Crippen LogP) is 1.55. The van der Waals surface area contributed by atoms with E-state index in [0.717, 1.165) is 5.56 Å². The maximum atomic E-state index is 5.43. The Morgan fingerprint density at radius 1 is 1.67 bits per heavy atom. The minimum absolute atomic E-state index is 0.607. The highest BCUT2D eigenvalue weighted by atomic mass is 127. The summed E-state index contributed by atoms with van der Waals surface area (Å²) in [4.78, 5) is 0. The Hall–Kier alpha value is -0.0900. The van der Waals surface area contributed by atoms with E-state index in [1.807, 2.05) is 18.2 Å². The van der Waals surface area contributed by atoms with Crippen LogP contribution in [0, 0.1) is 9.64 Å². The number of halogens is 1. The fourth-order valence-corrected chi connectivity index (χ4v) is 1.16. The summed E-state index contributed by atoms with van der Waals surface area (Å²) < 4.78 is 1.22. The van der Waals surface area contributed by atoms with E-state index in [0.29, 0.717) is 6.54 Å². The Balaban J connectivity index is 3.01. The molecule has 0 aromatic heterocycles. The maximum Gasteiger partial charge on any atom is 0.0188 e. The molecule has 0 amide bonds. The van der Waals surface area contributed by atoms with Crippen LogP contribution in [0.1, 0.15) is 5.56 Å². The Morgan fingerprint density at radius 2 is 2.44 bits per heavy atom. The van der Waals surface area contributed by atoms with Crippen LogP contribution < -0.4 is 5.73 Å². The second-order valence-electron chi connectivity index (χ2n) is 1.72. The summed E-state index contributed by atoms with van der Waals surface area (Å²) in [6.45, 7) is 0.607. The van der Waals surface area contributed by atoms with Crippen LogP contribution in [0.5, 0.6) is 0 Å². The Kier molecular flexibility index (Phi) is 2.48. The third kappa shape index (κ3) is 1.66. The molecule has 2 heteroatoms. The predicted molar refractivity (Wildman–Crippen MR) is 45.9 cm³/mol. The summed E-state index contributed by atoms with van der Waals surface area (Å²) in [5, 5.41) is 0. The Labute approximate surface area is 68.4 Å². The lowest BCUT2D eigenvalue weighted by Crippen LogP contribution is -1.97. The summed E-state index contributed by atoms with van der Waals surface area (Å²) in [5.74, 6) is 0. The molecule has 1 aromatic rings. The molecule has 1 rings (SSSR count). The number of rotatable bonds is 1. The lowest BCUT2D eigenvalue weighted by atomic mass is 10.2. The van der Waals surface area contributed by atoms with Gasteiger partial charge < -0.3 is 5.73 Å². The van der Waals surface area contributed by atoms with Crippen molar-refractivity contribution in [3.05, 3.63) is 33.4 Å². The zero-order valence-electron chi connectivity index (χ0n) is 4.89. The zero-order valence-corrected chi connectivity index (χ0v) is 7.05. The smallest absolute Gasteiger partial charge is 0.0188 e. The molecule has 1 nitrogen and oxygen atoms in total. The van der Waals surface area contributed by atoms with Crippen LogP contribution >= 0.6 is 22.6 Å². The van der Waals surface area contributed by atoms with E-state index in [9.17, 15) is 0 Å². The fourth-order valence-electron chi connectivity index (χ4n) is 0.602. The molecule has 0 aliphatic heterocycles. The van der Waals surface area contributed by atoms with Crippen molar-refractivity contribution in [3.63, 3.8) is 0 Å². The molecule has 0 atom stereocenters. The molecule has 0 saturated heterocycles. The van der Waals surface area contributed by atoms with E-state index in [1.54, 1.807) is 0 Å². The van der Waals surface area contributed by atoms with Crippen molar-refractivity contribution in [3.8, 4) is 0 Å². The minimum Gasteiger partial charge on any atom is -0.326 e. The highest BCUT2D eigenvalue weighted by Crippen LogP contribution is 2.08. The lowest BCUT2D eigenvalue weighted by molar-refractivity contribution is 1.06. The summed E-state index contributed by atoms with van der Waals surface area (Å²) in [5.41, 5.74) is 6.59. The van der Waals surface area contributed by atoms with Crippen LogP contribution in [0.3, 0.4) is 0 Å². The van der Waals surface area contributed by atoms with Gasteiger partial charge >= 0.3 is 0 Å². The van der Waals surface area contributed by atoms with Gasteiger partial charge in [-0.25, -0.2) is 0 Å². The summed E-state index contributed by atoms with van der Waals surface area (Å²) in [6.07, 6.45) is 0. The second-order valence-corrected chi connectivity index (χ2v) is 2.88. The van der Waals surface area contributed by atoms with Gasteiger partial charge in [0, 0.05) is 10.1 Å². The standard InChI is InChI=1S/C7H7IN/c8-7-4-2-1-3-6(7)5-9/h2-4H,5,9H2. The van der Waals surface area contributed by atoms with Crippen LogP contribution in [0.15, 0.2) is 18.2 Å². The summed E-state index contributed by atoms with van der Waals surface area (Å²) in [6, 6.07) is 8.78. The lowest BCUT2D eigenvalue weighted by Gasteiger charge is -1.96. The van der Waals surface area contributed by atoms with Gasteiger partial charge in [-0.3, -0.25) is 0 Å². The van der Waals surface area contributed by atoms with Gasteiger partial charge in [0.1, 0.15) is 0 Å². The Bertz CT molecular complexity index is 198. The molecule has 0 saturated carbocycles. The van der Waals surface area contributed by atoms with Crippen molar-refractivity contribution in [2.24, 2.45) is 5.73 Å². The first kappa shape index (κ1) is 7.02. The summed E-state index contributed by atoms with van der Waals surface area (Å²) in [7, 11) is 0. The number of nitrogens with two attached hydrogens (primary N) is 1. The van der Waals surface area contributed by atoms with E-state index in [2.05, 4.69) is 28.7 Å². The molecule has 0 unspecified atom stereocenters. The van der Waals surface area contributed by atoms with Crippen LogP contribution in [0.25, 0.3) is 0 Å². The largest absolute Gasteiger partial charge is 0.326 e. The van der Waals surface area contributed by atoms with Crippen molar-refractivity contribution in [2.45, 2.75) is 6.54 Å². The SMILES string of the molecule is NCc1c[c]ccc1I. The molecule has 0 aliphatic rings. The molecule has 47 valence electrons. The van der Waals surface area contributed by atoms with Crippen LogP contribution in [0.4, 0.5) is 0 Å². The molecule has 9 heavy (non-hydrogen) atoms. The third-order valence-corrected chi connectivity index (χ3v) is 2.16. The average Bonchev–Trinajstić information content (AvgIpc) is 1.89. The highest BCUT2D eigenvalue weighted by molar-refractivity contribution is 14.1. The van der Waals surface area contributed by atoms with Crippen LogP contribution in [-0.2, 0) is 6.54 Å². The quantitative estimate of drug-likeness (QED) is 0.730. The van der Waals surface area contributed by atoms with Gasteiger partial charge in [-0.1, -0.05) is 6.07 Å². The number of hydrogen-bond donors (Lipinski definition) is 1. The molecule has 0 aliphatic carbocycles. The highest BCUT2D eigenvalue weighted by Gasteiger charge is 1.91. The number of hydrogen-bond acceptors (Lipinski definition) is 1. The second kappa shape index (κ2) is 3.17. The van der Waals surface area contributed by atoms with Gasteiger partial charge in [0.05, 0.1) is 0 Å². The van der Waals surface area contributed by atoms with Gasteiger partial charge in [0.15, 0.2) is 0 Å². The van der Waals surface area contributed by atoms with Crippen molar-refractivity contribution in [2.75, 3.05) is 0 Å². The maximum absolute atomic E-state index is 5.43. The monoisotopic (exact) mass is 232 g/mol. The molecule has 1 aromatic carbocycles. The first-order chi connectivity index (χ1) is 4.34. The van der Waals surface area contributed by atoms with Crippen LogP contribution in [0.2, 0.25) is 0 Å². The van der Waals surface area contributed by atoms with Crippen LogP contribution in [-0.4, -0.2) is 0 Å². The minimum atomic E-state index is 0.607. The Morgan fingerprint density at radius 3 is 2.89 bits per heavy atom. The van der Waals surface area contributed by atoms with Gasteiger partial charge in [-0.05, 0) is 46.4 Å². The molecule has 0 spiro atoms. The molecule has 0 heterocycles. The van der Waals surface area contributed by atoms with E-state index in [-0.39, 0.29) is 0 Å². The van der Waals surface area contributed by atoms with E-state index >= 15 is 0 Å². The van der Waals surface area contributed by atoms with E-state index in [4.69, 9.17) is 5.73 Å². The van der Waals surface area contributed by atoms with Crippen molar-refractivity contribution < 1.29 is 0 Å². The molecular weight excluding hydrogens is 225 g/mol. The molecular formula is C7H7IN. The van der Waals surface area contributed by atoms with Gasteiger partial charge in [0.2, 0.25) is 0 Å². The van der Waals surface area contributed by atoms with Gasteiger partial charge in [0.25, 0.3) is 0 Å². The summed E-state index contributed by atoms with van der Waals surface area (Å²) >= 11 is 2.26. The van der Waals surface area contributed by atoms with Crippen molar-refractivity contribution in [1.82, 2.24) is 0 Å². The van der Waals surface area contributed by atoms with E-state index < -0.39 is 0 Å². The van der Waals surface area contributed by atoms with Crippen molar-refractivity contribution >= 4 is 22.6 Å². The first-order valence-electron chi connectivity index (χ1n) is 2.69. The third-order valence-electron chi connectivity index (χ3n) is 1.11. The van der Waals surface area contributed by atoms with E-state index in [1.165, 1.54) is 3.57 Å². The fraction of sp³-hybridized carbons (Fsp3) is 0.143. The van der Waals surface area contributed by atoms with Gasteiger partial charge in [-0.15, -0.1) is 0 Å². The van der Waals surface area contributed by atoms with Gasteiger partial charge in [-0.2, -0.15) is 0 Å². The first-order valence-corrected chi connectivity index (χ1v) is 3.77. The topological polar surface area (TPSA) is 26.0 Å². The average molecular weight is 232 g/mol. The number of benzene rings is 1. The zero-order chi connectivity index (χ0) is 6.69. The normalized spacial score (nSPS) is 9.56. The molecule has 1 radical (unpaired) electrons. The molecule has 0 bridgehead atoms. The molecule has 0 fully saturated rings. The molecule has 2 N–H and O–H groups in total.